The zero-order valence-electron chi connectivity index (χ0n) is 12.9. The largest absolute Gasteiger partial charge is 0.398 e. The summed E-state index contributed by atoms with van der Waals surface area (Å²) in [6, 6.07) is 7.25. The Kier molecular flexibility index (Phi) is 5.39. The van der Waals surface area contributed by atoms with Crippen molar-refractivity contribution in [2.45, 2.75) is 25.8 Å². The number of nitrogen functional groups attached to an aromatic ring is 1. The number of carbonyl (C=O) groups is 1. The number of nitrogens with two attached hydrogens (primary N) is 1. The summed E-state index contributed by atoms with van der Waals surface area (Å²) in [5.41, 5.74) is 9.02. The van der Waals surface area contributed by atoms with E-state index in [2.05, 4.69) is 20.2 Å². The number of hydrogen-bond acceptors (Lipinski definition) is 5. The number of nitrogens with one attached hydrogen (secondary N) is 1. The van der Waals surface area contributed by atoms with Crippen LogP contribution in [-0.4, -0.2) is 28.5 Å². The second-order valence-electron chi connectivity index (χ2n) is 5.38. The Labute approximate surface area is 141 Å². The second kappa shape index (κ2) is 7.28. The van der Waals surface area contributed by atoms with Crippen LogP contribution < -0.4 is 16.0 Å². The smallest absolute Gasteiger partial charge is 0.249 e. The molecule has 1 aromatic heterocycles. The van der Waals surface area contributed by atoms with Crippen LogP contribution in [0.2, 0.25) is 0 Å². The van der Waals surface area contributed by atoms with Gasteiger partial charge in [0.1, 0.15) is 6.04 Å². The van der Waals surface area contributed by atoms with Gasteiger partial charge < -0.3 is 10.6 Å². The van der Waals surface area contributed by atoms with Crippen molar-refractivity contribution in [2.24, 2.45) is 0 Å². The Bertz CT molecular complexity index is 679. The van der Waals surface area contributed by atoms with Crippen LogP contribution in [0.4, 0.5) is 17.3 Å². The van der Waals surface area contributed by atoms with Crippen molar-refractivity contribution in [1.29, 1.82) is 0 Å². The Balaban J connectivity index is 0.00000192. The molecule has 0 spiro atoms. The topological polar surface area (TPSA) is 84.1 Å². The van der Waals surface area contributed by atoms with E-state index in [0.29, 0.717) is 5.95 Å². The third kappa shape index (κ3) is 3.53. The number of halogens is 1. The summed E-state index contributed by atoms with van der Waals surface area (Å²) in [4.78, 5) is 22.6. The Morgan fingerprint density at radius 3 is 2.78 bits per heavy atom. The molecule has 6 nitrogen and oxygen atoms in total. The van der Waals surface area contributed by atoms with E-state index in [9.17, 15) is 4.79 Å². The Morgan fingerprint density at radius 1 is 1.30 bits per heavy atom. The van der Waals surface area contributed by atoms with Crippen molar-refractivity contribution in [3.05, 3.63) is 42.2 Å². The fourth-order valence-corrected chi connectivity index (χ4v) is 2.80. The summed E-state index contributed by atoms with van der Waals surface area (Å²) < 4.78 is 0. The number of anilines is 3. The van der Waals surface area contributed by atoms with Crippen LogP contribution in [0.5, 0.6) is 0 Å². The number of fused-ring (bicyclic) bond motifs is 1. The molecule has 0 radical (unpaired) electrons. The summed E-state index contributed by atoms with van der Waals surface area (Å²) in [6.45, 7) is 2.72. The summed E-state index contributed by atoms with van der Waals surface area (Å²) in [5.74, 6) is 0.200. The summed E-state index contributed by atoms with van der Waals surface area (Å²) in [7, 11) is 0. The highest BCUT2D eigenvalue weighted by molar-refractivity contribution is 5.95. The molecule has 1 unspecified atom stereocenters. The molecular formula is C16H20ClN5O. The molecule has 1 aliphatic rings. The normalized spacial score (nSPS) is 14.4. The molecule has 0 bridgehead atoms. The van der Waals surface area contributed by atoms with Gasteiger partial charge in [-0.25, -0.2) is 9.97 Å². The number of nitrogens with zero attached hydrogens (tertiary/aromatic N) is 3. The number of rotatable bonds is 3. The maximum atomic E-state index is 12.4. The lowest BCUT2D eigenvalue weighted by Gasteiger charge is -2.35. The lowest BCUT2D eigenvalue weighted by atomic mass is 9.98. The molecule has 0 saturated carbocycles. The average Bonchev–Trinajstić information content (AvgIpc) is 2.55. The molecule has 1 aliphatic heterocycles. The second-order valence-corrected chi connectivity index (χ2v) is 5.38. The Hall–Kier alpha value is -2.34. The number of amides is 1. The molecule has 2 heterocycles. The van der Waals surface area contributed by atoms with Crippen LogP contribution >= 0.6 is 12.4 Å². The van der Waals surface area contributed by atoms with Gasteiger partial charge in [-0.2, -0.15) is 0 Å². The summed E-state index contributed by atoms with van der Waals surface area (Å²) in [5, 5.41) is 2.75. The van der Waals surface area contributed by atoms with E-state index in [1.165, 1.54) is 0 Å². The minimum atomic E-state index is -0.315. The van der Waals surface area contributed by atoms with Crippen LogP contribution in [0.25, 0.3) is 0 Å². The van der Waals surface area contributed by atoms with E-state index in [1.807, 2.05) is 25.1 Å². The van der Waals surface area contributed by atoms with Crippen LogP contribution in [0.3, 0.4) is 0 Å². The predicted molar refractivity (Wildman–Crippen MR) is 93.9 cm³/mol. The van der Waals surface area contributed by atoms with E-state index >= 15 is 0 Å². The highest BCUT2D eigenvalue weighted by Gasteiger charge is 2.27. The predicted octanol–water partition coefficient (Wildman–Crippen LogP) is 2.26. The molecule has 3 N–H and O–H groups in total. The first kappa shape index (κ1) is 17.0. The quantitative estimate of drug-likeness (QED) is 0.842. The maximum Gasteiger partial charge on any atom is 0.249 e. The van der Waals surface area contributed by atoms with Gasteiger partial charge in [-0.15, -0.1) is 12.4 Å². The van der Waals surface area contributed by atoms with Crippen molar-refractivity contribution in [3.8, 4) is 0 Å². The van der Waals surface area contributed by atoms with Crippen LogP contribution in [0.1, 0.15) is 18.9 Å². The van der Waals surface area contributed by atoms with E-state index in [4.69, 9.17) is 5.73 Å². The van der Waals surface area contributed by atoms with Gasteiger partial charge in [-0.1, -0.05) is 6.07 Å². The molecule has 1 atom stereocenters. The minimum Gasteiger partial charge on any atom is -0.398 e. The van der Waals surface area contributed by atoms with Crippen LogP contribution in [0.15, 0.2) is 36.7 Å². The molecule has 1 amide bonds. The first-order valence-corrected chi connectivity index (χ1v) is 7.38. The molecular weight excluding hydrogens is 314 g/mol. The highest BCUT2D eigenvalue weighted by Crippen LogP contribution is 2.32. The maximum absolute atomic E-state index is 12.4. The van der Waals surface area contributed by atoms with E-state index in [0.717, 1.165) is 36.3 Å². The molecule has 122 valence electrons. The molecule has 0 aliphatic carbocycles. The monoisotopic (exact) mass is 333 g/mol. The first-order valence-electron chi connectivity index (χ1n) is 7.38. The number of benzene rings is 1. The van der Waals surface area contributed by atoms with Gasteiger partial charge in [0.05, 0.1) is 0 Å². The van der Waals surface area contributed by atoms with Gasteiger partial charge in [0.2, 0.25) is 11.9 Å². The third-order valence-electron chi connectivity index (χ3n) is 3.97. The van der Waals surface area contributed by atoms with Crippen molar-refractivity contribution in [2.75, 3.05) is 22.5 Å². The van der Waals surface area contributed by atoms with Gasteiger partial charge in [0.25, 0.3) is 0 Å². The molecule has 1 aromatic carbocycles. The van der Waals surface area contributed by atoms with Gasteiger partial charge >= 0.3 is 0 Å². The lowest BCUT2D eigenvalue weighted by molar-refractivity contribution is -0.117. The molecule has 3 rings (SSSR count). The molecule has 2 aromatic rings. The molecule has 23 heavy (non-hydrogen) atoms. The fourth-order valence-electron chi connectivity index (χ4n) is 2.80. The number of hydrogen-bond donors (Lipinski definition) is 2. The molecule has 0 fully saturated rings. The zero-order chi connectivity index (χ0) is 15.5. The zero-order valence-corrected chi connectivity index (χ0v) is 13.7. The van der Waals surface area contributed by atoms with Gasteiger partial charge in [-0.3, -0.25) is 10.1 Å². The number of carbonyl (C=O) groups excluding carboxylic acids is 1. The van der Waals surface area contributed by atoms with Gasteiger partial charge in [-0.05, 0) is 43.5 Å². The SMILES string of the molecule is CC(C(=O)Nc1ncccn1)N1CCCc2c(N)cccc21.Cl. The fraction of sp³-hybridized carbons (Fsp3) is 0.312. The van der Waals surface area contributed by atoms with E-state index in [1.54, 1.807) is 18.5 Å². The molecule has 0 saturated heterocycles. The standard InChI is InChI=1S/C16H19N5O.ClH/c1-11(15(22)20-16-18-8-4-9-19-16)21-10-3-5-12-13(17)6-2-7-14(12)21;/h2,4,6-9,11H,3,5,10,17H2,1H3,(H,18,19,20,22);1H. The van der Waals surface area contributed by atoms with Crippen LogP contribution in [-0.2, 0) is 11.2 Å². The van der Waals surface area contributed by atoms with E-state index in [-0.39, 0.29) is 24.4 Å². The Morgan fingerprint density at radius 2 is 2.04 bits per heavy atom. The van der Waals surface area contributed by atoms with Gasteiger partial charge in [0, 0.05) is 30.3 Å². The first-order chi connectivity index (χ1) is 10.7. The van der Waals surface area contributed by atoms with Crippen molar-refractivity contribution < 1.29 is 4.79 Å². The lowest BCUT2D eigenvalue weighted by Crippen LogP contribution is -2.45. The minimum absolute atomic E-state index is 0. The van der Waals surface area contributed by atoms with Crippen molar-refractivity contribution >= 4 is 35.6 Å². The molecule has 7 heteroatoms. The summed E-state index contributed by atoms with van der Waals surface area (Å²) in [6.07, 6.45) is 5.14. The number of aromatic nitrogens is 2. The average molecular weight is 334 g/mol. The van der Waals surface area contributed by atoms with Gasteiger partial charge in [0.15, 0.2) is 0 Å². The van der Waals surface area contributed by atoms with Crippen molar-refractivity contribution in [3.63, 3.8) is 0 Å². The van der Waals surface area contributed by atoms with Crippen LogP contribution in [0, 0.1) is 0 Å². The highest BCUT2D eigenvalue weighted by atomic mass is 35.5. The summed E-state index contributed by atoms with van der Waals surface area (Å²) >= 11 is 0. The van der Waals surface area contributed by atoms with Crippen molar-refractivity contribution in [1.82, 2.24) is 9.97 Å². The third-order valence-corrected chi connectivity index (χ3v) is 3.97. The van der Waals surface area contributed by atoms with E-state index < -0.39 is 0 Å².